The molecule has 0 radical (unpaired) electrons. The minimum absolute atomic E-state index is 0.0365. The molecule has 16 heavy (non-hydrogen) atoms. The summed E-state index contributed by atoms with van der Waals surface area (Å²) in [7, 11) is 0. The maximum atomic E-state index is 12.2. The van der Waals surface area contributed by atoms with Crippen molar-refractivity contribution in [2.45, 2.75) is 19.4 Å². The van der Waals surface area contributed by atoms with E-state index in [1.54, 1.807) is 12.4 Å². The summed E-state index contributed by atoms with van der Waals surface area (Å²) in [6.07, 6.45) is 5.65. The molecular formula is C11H14BrN3O. The van der Waals surface area contributed by atoms with Gasteiger partial charge in [0.15, 0.2) is 0 Å². The summed E-state index contributed by atoms with van der Waals surface area (Å²) in [5.74, 6) is 0.586. The van der Waals surface area contributed by atoms with Crippen LogP contribution in [0.5, 0.6) is 0 Å². The molecule has 1 saturated heterocycles. The quantitative estimate of drug-likeness (QED) is 0.777. The van der Waals surface area contributed by atoms with E-state index in [0.717, 1.165) is 18.3 Å². The Morgan fingerprint density at radius 2 is 2.25 bits per heavy atom. The molecule has 1 amide bonds. The molecule has 1 aliphatic rings. The number of likely N-dealkylation sites (tertiary alicyclic amines) is 1. The van der Waals surface area contributed by atoms with Crippen LogP contribution in [0.2, 0.25) is 0 Å². The highest BCUT2D eigenvalue weighted by Crippen LogP contribution is 2.26. The van der Waals surface area contributed by atoms with Crippen molar-refractivity contribution in [3.05, 3.63) is 24.3 Å². The number of carbonyl (C=O) groups excluding carboxylic acids is 1. The van der Waals surface area contributed by atoms with Gasteiger partial charge in [-0.3, -0.25) is 4.79 Å². The number of hydrogen-bond donors (Lipinski definition) is 0. The zero-order chi connectivity index (χ0) is 11.5. The Bertz CT molecular complexity index is 371. The topological polar surface area (TPSA) is 46.1 Å². The number of carbonyl (C=O) groups is 1. The Kier molecular flexibility index (Phi) is 3.53. The summed E-state index contributed by atoms with van der Waals surface area (Å²) < 4.78 is 0. The second-order valence-corrected chi connectivity index (χ2v) is 4.76. The van der Waals surface area contributed by atoms with Gasteiger partial charge in [-0.1, -0.05) is 22.9 Å². The maximum absolute atomic E-state index is 12.2. The molecule has 2 atom stereocenters. The molecule has 1 fully saturated rings. The number of nitrogens with zero attached hydrogens (tertiary/aromatic N) is 3. The molecule has 5 heteroatoms. The molecule has 4 nitrogen and oxygen atoms in total. The van der Waals surface area contributed by atoms with Crippen molar-refractivity contribution >= 4 is 21.8 Å². The first-order chi connectivity index (χ1) is 7.74. The molecular weight excluding hydrogens is 270 g/mol. The Balaban J connectivity index is 2.17. The summed E-state index contributed by atoms with van der Waals surface area (Å²) in [6, 6.07) is 0.285. The molecule has 2 unspecified atom stereocenters. The summed E-state index contributed by atoms with van der Waals surface area (Å²) in [6.45, 7) is 3.01. The normalized spacial score (nSPS) is 24.8. The lowest BCUT2D eigenvalue weighted by Gasteiger charge is -2.25. The zero-order valence-electron chi connectivity index (χ0n) is 9.14. The molecule has 0 aromatic carbocycles. The lowest BCUT2D eigenvalue weighted by atomic mass is 10.1. The highest BCUT2D eigenvalue weighted by atomic mass is 79.9. The number of rotatable bonds is 2. The van der Waals surface area contributed by atoms with Crippen LogP contribution in [-0.4, -0.2) is 38.7 Å². The van der Waals surface area contributed by atoms with Gasteiger partial charge in [0.05, 0.1) is 5.56 Å². The Labute approximate surface area is 103 Å². The third kappa shape index (κ3) is 2.09. The summed E-state index contributed by atoms with van der Waals surface area (Å²) in [5.41, 5.74) is 0.572. The van der Waals surface area contributed by atoms with Crippen LogP contribution in [0.1, 0.15) is 23.7 Å². The van der Waals surface area contributed by atoms with Crippen LogP contribution >= 0.6 is 15.9 Å². The first-order valence-corrected chi connectivity index (χ1v) is 6.48. The van der Waals surface area contributed by atoms with E-state index in [-0.39, 0.29) is 11.9 Å². The zero-order valence-corrected chi connectivity index (χ0v) is 10.7. The molecule has 2 heterocycles. The van der Waals surface area contributed by atoms with Gasteiger partial charge in [-0.25, -0.2) is 9.97 Å². The monoisotopic (exact) mass is 283 g/mol. The first kappa shape index (κ1) is 11.5. The Morgan fingerprint density at radius 3 is 2.88 bits per heavy atom. The van der Waals surface area contributed by atoms with Gasteiger partial charge < -0.3 is 4.90 Å². The second kappa shape index (κ2) is 4.91. The van der Waals surface area contributed by atoms with E-state index < -0.39 is 0 Å². The molecule has 0 spiro atoms. The van der Waals surface area contributed by atoms with Gasteiger partial charge in [-0.2, -0.15) is 0 Å². The third-order valence-electron chi connectivity index (χ3n) is 3.11. The smallest absolute Gasteiger partial charge is 0.257 e. The minimum Gasteiger partial charge on any atom is -0.334 e. The molecule has 1 aliphatic heterocycles. The van der Waals surface area contributed by atoms with Gasteiger partial charge in [0.2, 0.25) is 0 Å². The van der Waals surface area contributed by atoms with E-state index in [2.05, 4.69) is 32.8 Å². The highest BCUT2D eigenvalue weighted by Gasteiger charge is 2.33. The first-order valence-electron chi connectivity index (χ1n) is 5.36. The predicted octanol–water partition coefficient (Wildman–Crippen LogP) is 1.72. The fourth-order valence-corrected chi connectivity index (χ4v) is 3.06. The van der Waals surface area contributed by atoms with E-state index in [1.807, 2.05) is 4.90 Å². The van der Waals surface area contributed by atoms with Crippen LogP contribution in [-0.2, 0) is 0 Å². The summed E-state index contributed by atoms with van der Waals surface area (Å²) >= 11 is 3.47. The van der Waals surface area contributed by atoms with Crippen LogP contribution in [0.25, 0.3) is 0 Å². The van der Waals surface area contributed by atoms with E-state index in [4.69, 9.17) is 0 Å². The van der Waals surface area contributed by atoms with Crippen molar-refractivity contribution in [3.63, 3.8) is 0 Å². The van der Waals surface area contributed by atoms with Gasteiger partial charge in [-0.15, -0.1) is 0 Å². The average Bonchev–Trinajstić information content (AvgIpc) is 2.70. The number of amides is 1. The summed E-state index contributed by atoms with van der Waals surface area (Å²) in [4.78, 5) is 21.9. The van der Waals surface area contributed by atoms with Crippen molar-refractivity contribution in [2.75, 3.05) is 11.9 Å². The SMILES string of the molecule is CC1CCN(C(=O)c2cncnc2)C1CBr. The minimum atomic E-state index is 0.0365. The van der Waals surface area contributed by atoms with E-state index in [0.29, 0.717) is 11.5 Å². The molecule has 1 aromatic heterocycles. The van der Waals surface area contributed by atoms with Gasteiger partial charge in [0.25, 0.3) is 5.91 Å². The van der Waals surface area contributed by atoms with E-state index >= 15 is 0 Å². The lowest BCUT2D eigenvalue weighted by molar-refractivity contribution is 0.0738. The largest absolute Gasteiger partial charge is 0.334 e. The predicted molar refractivity (Wildman–Crippen MR) is 64.4 cm³/mol. The van der Waals surface area contributed by atoms with Crippen molar-refractivity contribution in [1.82, 2.24) is 14.9 Å². The highest BCUT2D eigenvalue weighted by molar-refractivity contribution is 9.09. The fraction of sp³-hybridized carbons (Fsp3) is 0.545. The molecule has 0 N–H and O–H groups in total. The van der Waals surface area contributed by atoms with E-state index in [1.165, 1.54) is 6.33 Å². The Hall–Kier alpha value is -0.970. The standard InChI is InChI=1S/C11H14BrN3O/c1-8-2-3-15(10(8)4-12)11(16)9-5-13-7-14-6-9/h5-8,10H,2-4H2,1H3. The van der Waals surface area contributed by atoms with Crippen LogP contribution < -0.4 is 0 Å². The molecule has 0 bridgehead atoms. The van der Waals surface area contributed by atoms with Crippen molar-refractivity contribution in [3.8, 4) is 0 Å². The average molecular weight is 284 g/mol. The second-order valence-electron chi connectivity index (χ2n) is 4.11. The fourth-order valence-electron chi connectivity index (χ4n) is 2.07. The van der Waals surface area contributed by atoms with Crippen molar-refractivity contribution in [1.29, 1.82) is 0 Å². The Morgan fingerprint density at radius 1 is 1.56 bits per heavy atom. The van der Waals surface area contributed by atoms with Gasteiger partial charge >= 0.3 is 0 Å². The van der Waals surface area contributed by atoms with Gasteiger partial charge in [0, 0.05) is 30.3 Å². The van der Waals surface area contributed by atoms with Crippen LogP contribution in [0.4, 0.5) is 0 Å². The van der Waals surface area contributed by atoms with Crippen LogP contribution in [0.3, 0.4) is 0 Å². The lowest BCUT2D eigenvalue weighted by Crippen LogP contribution is -2.38. The maximum Gasteiger partial charge on any atom is 0.257 e. The molecule has 0 saturated carbocycles. The van der Waals surface area contributed by atoms with Gasteiger partial charge in [0.1, 0.15) is 6.33 Å². The number of alkyl halides is 1. The van der Waals surface area contributed by atoms with Crippen LogP contribution in [0.15, 0.2) is 18.7 Å². The molecule has 1 aromatic rings. The summed E-state index contributed by atoms with van der Waals surface area (Å²) in [5, 5.41) is 0.827. The van der Waals surface area contributed by atoms with Gasteiger partial charge in [-0.05, 0) is 12.3 Å². The molecule has 2 rings (SSSR count). The van der Waals surface area contributed by atoms with Crippen LogP contribution in [0, 0.1) is 5.92 Å². The van der Waals surface area contributed by atoms with Crippen molar-refractivity contribution in [2.24, 2.45) is 5.92 Å². The third-order valence-corrected chi connectivity index (χ3v) is 3.77. The number of aromatic nitrogens is 2. The number of hydrogen-bond acceptors (Lipinski definition) is 3. The number of halogens is 1. The molecule has 0 aliphatic carbocycles. The van der Waals surface area contributed by atoms with E-state index in [9.17, 15) is 4.79 Å². The molecule has 86 valence electrons. The van der Waals surface area contributed by atoms with Crippen molar-refractivity contribution < 1.29 is 4.79 Å².